The molecule has 23 heavy (non-hydrogen) atoms. The van der Waals surface area contributed by atoms with Crippen molar-refractivity contribution >= 4 is 17.9 Å². The number of carbonyl (C=O) groups is 1. The van der Waals surface area contributed by atoms with E-state index in [1.165, 1.54) is 11.8 Å². The van der Waals surface area contributed by atoms with Gasteiger partial charge in [0.05, 0.1) is 0 Å². The SMILES string of the molecule is C=C(C)CSc1nnc([C@@H](NC(=O)OC(C)(C)C)[C@H](C)CC)o1. The van der Waals surface area contributed by atoms with E-state index in [-0.39, 0.29) is 12.0 Å². The summed E-state index contributed by atoms with van der Waals surface area (Å²) >= 11 is 1.43. The average molecular weight is 341 g/mol. The van der Waals surface area contributed by atoms with Crippen LogP contribution in [0.1, 0.15) is 59.9 Å². The lowest BCUT2D eigenvalue weighted by Crippen LogP contribution is -2.37. The standard InChI is InChI=1S/C16H27N3O3S/c1-8-11(4)12(17-14(20)22-16(5,6)7)13-18-19-15(21-13)23-9-10(2)3/h11-12H,2,8-9H2,1,3-7H3,(H,17,20)/t11-,12+/m1/s1. The van der Waals surface area contributed by atoms with Gasteiger partial charge in [0.2, 0.25) is 5.89 Å². The quantitative estimate of drug-likeness (QED) is 0.587. The maximum Gasteiger partial charge on any atom is 0.408 e. The normalized spacial score (nSPS) is 14.2. The fourth-order valence-corrected chi connectivity index (χ4v) is 2.32. The van der Waals surface area contributed by atoms with E-state index >= 15 is 0 Å². The molecule has 0 aliphatic heterocycles. The Labute approximate surface area is 142 Å². The molecule has 0 bridgehead atoms. The van der Waals surface area contributed by atoms with Gasteiger partial charge in [0.25, 0.3) is 5.22 Å². The summed E-state index contributed by atoms with van der Waals surface area (Å²) in [5.74, 6) is 1.26. The Morgan fingerprint density at radius 2 is 2.09 bits per heavy atom. The van der Waals surface area contributed by atoms with Gasteiger partial charge in [0, 0.05) is 5.75 Å². The first-order valence-corrected chi connectivity index (χ1v) is 8.71. The zero-order valence-electron chi connectivity index (χ0n) is 14.8. The molecule has 1 heterocycles. The number of ether oxygens (including phenoxy) is 1. The molecule has 0 aromatic carbocycles. The molecular weight excluding hydrogens is 314 g/mol. The van der Waals surface area contributed by atoms with Crippen LogP contribution in [0.4, 0.5) is 4.79 Å². The average Bonchev–Trinajstić information content (AvgIpc) is 2.88. The summed E-state index contributed by atoms with van der Waals surface area (Å²) in [7, 11) is 0. The Kier molecular flexibility index (Phi) is 7.12. The number of alkyl carbamates (subject to hydrolysis) is 1. The number of amides is 1. The Bertz CT molecular complexity index is 537. The summed E-state index contributed by atoms with van der Waals surface area (Å²) in [5, 5.41) is 11.4. The molecule has 0 unspecified atom stereocenters. The number of hydrogen-bond donors (Lipinski definition) is 1. The molecule has 130 valence electrons. The van der Waals surface area contributed by atoms with Gasteiger partial charge in [0.1, 0.15) is 11.6 Å². The summed E-state index contributed by atoms with van der Waals surface area (Å²) < 4.78 is 11.0. The molecular formula is C16H27N3O3S. The summed E-state index contributed by atoms with van der Waals surface area (Å²) in [6, 6.07) is -0.374. The van der Waals surface area contributed by atoms with E-state index in [4.69, 9.17) is 9.15 Å². The summed E-state index contributed by atoms with van der Waals surface area (Å²) in [4.78, 5) is 12.0. The third-order valence-corrected chi connectivity index (χ3v) is 4.06. The van der Waals surface area contributed by atoms with Crippen LogP contribution in [0.25, 0.3) is 0 Å². The topological polar surface area (TPSA) is 77.2 Å². The highest BCUT2D eigenvalue weighted by Crippen LogP contribution is 2.27. The maximum atomic E-state index is 12.0. The molecule has 0 fully saturated rings. The van der Waals surface area contributed by atoms with Crippen LogP contribution in [0.5, 0.6) is 0 Å². The minimum Gasteiger partial charge on any atom is -0.444 e. The van der Waals surface area contributed by atoms with Crippen molar-refractivity contribution in [3.8, 4) is 0 Å². The van der Waals surface area contributed by atoms with Crippen molar-refractivity contribution in [3.63, 3.8) is 0 Å². The molecule has 0 radical (unpaired) electrons. The van der Waals surface area contributed by atoms with Crippen molar-refractivity contribution in [1.29, 1.82) is 0 Å². The first kappa shape index (κ1) is 19.5. The highest BCUT2D eigenvalue weighted by Gasteiger charge is 2.28. The number of nitrogens with zero attached hydrogens (tertiary/aromatic N) is 2. The van der Waals surface area contributed by atoms with Gasteiger partial charge in [-0.15, -0.1) is 10.2 Å². The van der Waals surface area contributed by atoms with Gasteiger partial charge in [-0.05, 0) is 33.6 Å². The molecule has 7 heteroatoms. The van der Waals surface area contributed by atoms with Crippen LogP contribution < -0.4 is 5.32 Å². The number of rotatable bonds is 7. The molecule has 0 aliphatic carbocycles. The first-order chi connectivity index (χ1) is 10.6. The van der Waals surface area contributed by atoms with Gasteiger partial charge in [-0.25, -0.2) is 4.79 Å². The minimum atomic E-state index is -0.554. The van der Waals surface area contributed by atoms with Crippen molar-refractivity contribution < 1.29 is 13.9 Å². The molecule has 1 aromatic rings. The molecule has 1 aromatic heterocycles. The largest absolute Gasteiger partial charge is 0.444 e. The number of thioether (sulfide) groups is 1. The van der Waals surface area contributed by atoms with Crippen LogP contribution in [-0.4, -0.2) is 27.6 Å². The van der Waals surface area contributed by atoms with Gasteiger partial charge in [-0.1, -0.05) is 44.2 Å². The maximum absolute atomic E-state index is 12.0. The second-order valence-corrected chi connectivity index (χ2v) is 7.59. The molecule has 1 amide bonds. The van der Waals surface area contributed by atoms with Crippen molar-refractivity contribution in [1.82, 2.24) is 15.5 Å². The van der Waals surface area contributed by atoms with Crippen LogP contribution in [0.15, 0.2) is 21.8 Å². The summed E-state index contributed by atoms with van der Waals surface area (Å²) in [5.41, 5.74) is 0.474. The Balaban J connectivity index is 2.82. The zero-order valence-corrected chi connectivity index (χ0v) is 15.6. The first-order valence-electron chi connectivity index (χ1n) is 7.72. The number of carbonyl (C=O) groups excluding carboxylic acids is 1. The lowest BCUT2D eigenvalue weighted by Gasteiger charge is -2.24. The van der Waals surface area contributed by atoms with Crippen molar-refractivity contribution in [2.45, 2.75) is 64.8 Å². The van der Waals surface area contributed by atoms with E-state index in [0.29, 0.717) is 11.1 Å². The van der Waals surface area contributed by atoms with E-state index in [2.05, 4.69) is 22.1 Å². The van der Waals surface area contributed by atoms with E-state index in [0.717, 1.165) is 17.7 Å². The minimum absolute atomic E-state index is 0.141. The molecule has 0 aliphatic rings. The van der Waals surface area contributed by atoms with Crippen molar-refractivity contribution in [2.24, 2.45) is 5.92 Å². The lowest BCUT2D eigenvalue weighted by molar-refractivity contribution is 0.0474. The van der Waals surface area contributed by atoms with Gasteiger partial charge in [0.15, 0.2) is 0 Å². The zero-order chi connectivity index (χ0) is 17.6. The fourth-order valence-electron chi connectivity index (χ4n) is 1.71. The third kappa shape index (κ3) is 7.07. The van der Waals surface area contributed by atoms with Crippen LogP contribution in [0, 0.1) is 5.92 Å². The van der Waals surface area contributed by atoms with E-state index < -0.39 is 11.7 Å². The Morgan fingerprint density at radius 3 is 2.61 bits per heavy atom. The highest BCUT2D eigenvalue weighted by atomic mass is 32.2. The molecule has 0 spiro atoms. The Morgan fingerprint density at radius 1 is 1.43 bits per heavy atom. The molecule has 0 saturated carbocycles. The molecule has 1 N–H and O–H groups in total. The summed E-state index contributed by atoms with van der Waals surface area (Å²) in [6.45, 7) is 15.3. The summed E-state index contributed by atoms with van der Waals surface area (Å²) in [6.07, 6.45) is 0.369. The number of aromatic nitrogens is 2. The highest BCUT2D eigenvalue weighted by molar-refractivity contribution is 7.99. The molecule has 6 nitrogen and oxygen atoms in total. The molecule has 0 saturated heterocycles. The molecule has 2 atom stereocenters. The monoisotopic (exact) mass is 341 g/mol. The van der Waals surface area contributed by atoms with Gasteiger partial charge in [-0.3, -0.25) is 0 Å². The van der Waals surface area contributed by atoms with Crippen LogP contribution >= 0.6 is 11.8 Å². The lowest BCUT2D eigenvalue weighted by atomic mass is 9.99. The smallest absolute Gasteiger partial charge is 0.408 e. The van der Waals surface area contributed by atoms with E-state index in [1.54, 1.807) is 0 Å². The van der Waals surface area contributed by atoms with Crippen LogP contribution in [0.3, 0.4) is 0 Å². The Hall–Kier alpha value is -1.50. The van der Waals surface area contributed by atoms with Gasteiger partial charge in [-0.2, -0.15) is 0 Å². The van der Waals surface area contributed by atoms with E-state index in [9.17, 15) is 4.79 Å². The predicted octanol–water partition coefficient (Wildman–Crippen LogP) is 4.35. The number of hydrogen-bond acceptors (Lipinski definition) is 6. The van der Waals surface area contributed by atoms with E-state index in [1.807, 2.05) is 41.5 Å². The van der Waals surface area contributed by atoms with Crippen molar-refractivity contribution in [2.75, 3.05) is 5.75 Å². The second-order valence-electron chi connectivity index (χ2n) is 6.66. The predicted molar refractivity (Wildman–Crippen MR) is 91.4 cm³/mol. The van der Waals surface area contributed by atoms with Crippen LogP contribution in [0.2, 0.25) is 0 Å². The molecule has 1 rings (SSSR count). The number of nitrogens with one attached hydrogen (secondary N) is 1. The van der Waals surface area contributed by atoms with Crippen molar-refractivity contribution in [3.05, 3.63) is 18.0 Å². The third-order valence-electron chi connectivity index (χ3n) is 3.02. The van der Waals surface area contributed by atoms with Crippen LogP contribution in [-0.2, 0) is 4.74 Å². The van der Waals surface area contributed by atoms with Gasteiger partial charge < -0.3 is 14.5 Å². The fraction of sp³-hybridized carbons (Fsp3) is 0.688. The second kappa shape index (κ2) is 8.38. The van der Waals surface area contributed by atoms with Gasteiger partial charge >= 0.3 is 6.09 Å².